The minimum Gasteiger partial charge on any atom is -0.308 e. The second-order valence-corrected chi connectivity index (χ2v) is 21.4. The molecule has 2 heterocycles. The summed E-state index contributed by atoms with van der Waals surface area (Å²) in [5, 5.41) is 0. The van der Waals surface area contributed by atoms with Crippen molar-refractivity contribution in [2.24, 2.45) is 0 Å². The fraction of sp³-hybridized carbons (Fsp3) is 0.111. The van der Waals surface area contributed by atoms with Crippen LogP contribution in [-0.4, -0.2) is 9.97 Å². The summed E-state index contributed by atoms with van der Waals surface area (Å²) in [6, 6.07) is 85.6. The molecule has 3 aliphatic rings. The van der Waals surface area contributed by atoms with E-state index in [-0.39, 0.29) is 0 Å². The van der Waals surface area contributed by atoms with E-state index in [2.05, 4.69) is 282 Å². The van der Waals surface area contributed by atoms with E-state index in [4.69, 9.17) is 9.97 Å². The zero-order valence-corrected chi connectivity index (χ0v) is 43.7. The Balaban J connectivity index is 1.11. The number of hydrogen-bond donors (Lipinski definition) is 0. The zero-order valence-electron chi connectivity index (χ0n) is 43.7. The molecule has 0 fully saturated rings. The Morgan fingerprint density at radius 2 is 0.750 bits per heavy atom. The van der Waals surface area contributed by atoms with Crippen molar-refractivity contribution < 1.29 is 0 Å². The molecule has 14 rings (SSSR count). The van der Waals surface area contributed by atoms with Crippen LogP contribution in [0, 0.1) is 27.7 Å². The molecule has 0 amide bonds. The molecule has 0 atom stereocenters. The van der Waals surface area contributed by atoms with Gasteiger partial charge in [-0.1, -0.05) is 190 Å². The lowest BCUT2D eigenvalue weighted by Gasteiger charge is -2.37. The third-order valence-electron chi connectivity index (χ3n) is 16.7. The number of aryl methyl sites for hydroxylation is 4. The first-order valence-electron chi connectivity index (χ1n) is 26.6. The molecular weight excluding hydrogens is 921 g/mol. The topological polar surface area (TPSA) is 32.3 Å². The lowest BCUT2D eigenvalue weighted by Crippen LogP contribution is -2.30. The Kier molecular flexibility index (Phi) is 10.3. The molecule has 0 unspecified atom stereocenters. The van der Waals surface area contributed by atoms with Crippen LogP contribution in [0.25, 0.3) is 55.6 Å². The monoisotopic (exact) mass is 976 g/mol. The van der Waals surface area contributed by atoms with E-state index in [1.54, 1.807) is 0 Å². The Morgan fingerprint density at radius 3 is 1.29 bits per heavy atom. The highest BCUT2D eigenvalue weighted by Gasteiger charge is 2.57. The zero-order chi connectivity index (χ0) is 51.5. The molecule has 0 radical (unpaired) electrons. The van der Waals surface area contributed by atoms with Gasteiger partial charge in [-0.15, -0.1) is 0 Å². The highest BCUT2D eigenvalue weighted by Crippen LogP contribution is 2.69. The summed E-state index contributed by atoms with van der Waals surface area (Å²) in [6.07, 6.45) is 0. The van der Waals surface area contributed by atoms with Gasteiger partial charge in [0.2, 0.25) is 0 Å². The van der Waals surface area contributed by atoms with Crippen molar-refractivity contribution in [3.8, 4) is 55.6 Å². The summed E-state index contributed by atoms with van der Waals surface area (Å²) in [5.74, 6) is 0. The van der Waals surface area contributed by atoms with E-state index in [1.807, 2.05) is 0 Å². The minimum atomic E-state index is -0.627. The third kappa shape index (κ3) is 6.56. The number of benzene rings is 9. The summed E-state index contributed by atoms with van der Waals surface area (Å²) in [4.78, 5) is 15.3. The van der Waals surface area contributed by atoms with Crippen LogP contribution in [-0.2, 0) is 10.8 Å². The quantitative estimate of drug-likeness (QED) is 0.152. The van der Waals surface area contributed by atoms with Crippen molar-refractivity contribution >= 4 is 34.1 Å². The van der Waals surface area contributed by atoms with Gasteiger partial charge in [-0.3, -0.25) is 9.97 Å². The van der Waals surface area contributed by atoms with Crippen molar-refractivity contribution in [3.05, 3.63) is 287 Å². The van der Waals surface area contributed by atoms with Gasteiger partial charge in [0.1, 0.15) is 0 Å². The fourth-order valence-corrected chi connectivity index (χ4v) is 13.6. The molecule has 9 aromatic carbocycles. The van der Waals surface area contributed by atoms with Crippen molar-refractivity contribution in [2.45, 2.75) is 52.4 Å². The molecule has 4 nitrogen and oxygen atoms in total. The number of anilines is 6. The SMILES string of the molecule is Cc1ccc(N(c2ccc3c(c2)C(C)(C)c2c-3cc(N(c3ccccc3-c3ccccc3)c3ccc(C)nc3C)c3c2C2(c4ccccc4-c4ccccc42)c2ccccc2-3)c2ccccc2-c2ccccc2)c(C)n1. The first-order chi connectivity index (χ1) is 37.1. The molecule has 0 saturated carbocycles. The number of para-hydroxylation sites is 2. The molecule has 0 saturated heterocycles. The highest BCUT2D eigenvalue weighted by molar-refractivity contribution is 6.07. The number of rotatable bonds is 8. The summed E-state index contributed by atoms with van der Waals surface area (Å²) in [6.45, 7) is 13.4. The number of nitrogens with zero attached hydrogens (tertiary/aromatic N) is 4. The third-order valence-corrected chi connectivity index (χ3v) is 16.7. The lowest BCUT2D eigenvalue weighted by molar-refractivity contribution is 0.636. The van der Waals surface area contributed by atoms with Gasteiger partial charge >= 0.3 is 0 Å². The van der Waals surface area contributed by atoms with Crippen LogP contribution in [0.2, 0.25) is 0 Å². The molecule has 364 valence electrons. The van der Waals surface area contributed by atoms with Crippen LogP contribution in [0.15, 0.2) is 231 Å². The van der Waals surface area contributed by atoms with Gasteiger partial charge in [0.15, 0.2) is 0 Å². The summed E-state index contributed by atoms with van der Waals surface area (Å²) >= 11 is 0. The van der Waals surface area contributed by atoms with Crippen molar-refractivity contribution in [1.29, 1.82) is 0 Å². The van der Waals surface area contributed by atoms with Crippen molar-refractivity contribution in [2.75, 3.05) is 9.80 Å². The smallest absolute Gasteiger partial charge is 0.0729 e. The lowest BCUT2D eigenvalue weighted by atomic mass is 9.66. The Morgan fingerprint density at radius 1 is 0.316 bits per heavy atom. The molecular formula is C72H56N4. The van der Waals surface area contributed by atoms with E-state index in [0.717, 1.165) is 79.2 Å². The van der Waals surface area contributed by atoms with Crippen LogP contribution in [0.5, 0.6) is 0 Å². The van der Waals surface area contributed by atoms with Gasteiger partial charge in [-0.25, -0.2) is 0 Å². The highest BCUT2D eigenvalue weighted by atomic mass is 15.2. The van der Waals surface area contributed by atoms with Crippen molar-refractivity contribution in [1.82, 2.24) is 9.97 Å². The van der Waals surface area contributed by atoms with Gasteiger partial charge in [0, 0.05) is 39.2 Å². The number of hydrogen-bond acceptors (Lipinski definition) is 4. The maximum atomic E-state index is 5.21. The Bertz CT molecular complexity index is 4110. The van der Waals surface area contributed by atoms with Crippen LogP contribution in [0.4, 0.5) is 34.1 Å². The molecule has 0 N–H and O–H groups in total. The predicted octanol–water partition coefficient (Wildman–Crippen LogP) is 18.6. The number of fused-ring (bicyclic) bond motifs is 14. The van der Waals surface area contributed by atoms with Crippen LogP contribution < -0.4 is 9.80 Å². The van der Waals surface area contributed by atoms with E-state index in [1.165, 1.54) is 66.8 Å². The summed E-state index contributed by atoms with van der Waals surface area (Å²) in [5.41, 5.74) is 29.5. The molecule has 1 spiro atoms. The molecule has 11 aromatic rings. The average Bonchev–Trinajstić information content (AvgIpc) is 4.06. The van der Waals surface area contributed by atoms with E-state index < -0.39 is 10.8 Å². The van der Waals surface area contributed by atoms with Gasteiger partial charge < -0.3 is 9.80 Å². The van der Waals surface area contributed by atoms with Gasteiger partial charge in [-0.2, -0.15) is 0 Å². The fourth-order valence-electron chi connectivity index (χ4n) is 13.6. The van der Waals surface area contributed by atoms with Crippen LogP contribution in [0.3, 0.4) is 0 Å². The normalized spacial score (nSPS) is 13.6. The largest absolute Gasteiger partial charge is 0.308 e. The second-order valence-electron chi connectivity index (χ2n) is 21.4. The Labute approximate surface area is 446 Å². The van der Waals surface area contributed by atoms with Crippen LogP contribution in [0.1, 0.15) is 70.0 Å². The van der Waals surface area contributed by atoms with E-state index in [0.29, 0.717) is 0 Å². The second kappa shape index (κ2) is 17.2. The molecule has 4 heteroatoms. The predicted molar refractivity (Wildman–Crippen MR) is 315 cm³/mol. The standard InChI is InChI=1S/C72H56N4/c1-45-37-41-63(47(3)73-45)75(65-35-21-16-27-52(65)49-23-9-7-10-24-49)51-39-40-56-58-44-67(76(64-42-38-46(2)74-48(64)4)66-36-22-17-28-53(66)50-25-11-8-12-26-50)68-57-31-15-20-34-61(57)72(70(68)69(58)71(5,6)62(56)43-51)59-32-18-13-29-54(59)55-30-14-19-33-60(55)72/h7-44H,1-6H3. The molecule has 0 bridgehead atoms. The molecule has 0 aliphatic heterocycles. The molecule has 76 heavy (non-hydrogen) atoms. The summed E-state index contributed by atoms with van der Waals surface area (Å²) < 4.78 is 0. The average molecular weight is 977 g/mol. The Hall–Kier alpha value is -9.12. The number of aromatic nitrogens is 2. The van der Waals surface area contributed by atoms with Gasteiger partial charge in [0.25, 0.3) is 0 Å². The molecule has 3 aliphatic carbocycles. The summed E-state index contributed by atoms with van der Waals surface area (Å²) in [7, 11) is 0. The van der Waals surface area contributed by atoms with Crippen molar-refractivity contribution in [3.63, 3.8) is 0 Å². The van der Waals surface area contributed by atoms with Gasteiger partial charge in [0.05, 0.1) is 45.2 Å². The maximum Gasteiger partial charge on any atom is 0.0729 e. The van der Waals surface area contributed by atoms with Gasteiger partial charge in [-0.05, 0) is 155 Å². The van der Waals surface area contributed by atoms with E-state index in [9.17, 15) is 0 Å². The first-order valence-corrected chi connectivity index (χ1v) is 26.6. The molecule has 2 aromatic heterocycles. The van der Waals surface area contributed by atoms with Crippen LogP contribution >= 0.6 is 0 Å². The van der Waals surface area contributed by atoms with E-state index >= 15 is 0 Å². The first kappa shape index (κ1) is 45.5. The maximum absolute atomic E-state index is 5.21. The number of pyridine rings is 2. The minimum absolute atomic E-state index is 0.468.